The Kier molecular flexibility index (Phi) is 4.83. The highest BCUT2D eigenvalue weighted by Gasteiger charge is 2.09. The van der Waals surface area contributed by atoms with Gasteiger partial charge in [-0.1, -0.05) is 26.0 Å². The van der Waals surface area contributed by atoms with Crippen LogP contribution in [0.15, 0.2) is 18.2 Å². The number of carbonyl (C=O) groups excluding carboxylic acids is 1. The van der Waals surface area contributed by atoms with E-state index in [1.54, 1.807) is 0 Å². The van der Waals surface area contributed by atoms with Crippen molar-refractivity contribution in [3.63, 3.8) is 0 Å². The maximum atomic E-state index is 11.6. The largest absolute Gasteiger partial charge is 0.385 e. The van der Waals surface area contributed by atoms with Crippen LogP contribution >= 0.6 is 0 Å². The highest BCUT2D eigenvalue weighted by atomic mass is 16.1. The van der Waals surface area contributed by atoms with Crippen molar-refractivity contribution in [2.75, 3.05) is 18.4 Å². The Labute approximate surface area is 115 Å². The molecule has 3 heteroatoms. The van der Waals surface area contributed by atoms with Gasteiger partial charge in [-0.2, -0.15) is 0 Å². The van der Waals surface area contributed by atoms with Gasteiger partial charge in [0.2, 0.25) is 5.91 Å². The molecule has 0 saturated carbocycles. The van der Waals surface area contributed by atoms with Gasteiger partial charge >= 0.3 is 0 Å². The first-order valence-corrected chi connectivity index (χ1v) is 7.27. The normalized spacial score (nSPS) is 13.8. The number of amides is 1. The lowest BCUT2D eigenvalue weighted by Gasteiger charge is -2.18. The predicted molar refractivity (Wildman–Crippen MR) is 79.4 cm³/mol. The maximum Gasteiger partial charge on any atom is 0.220 e. The highest BCUT2D eigenvalue weighted by molar-refractivity contribution is 5.76. The maximum absolute atomic E-state index is 11.6. The lowest BCUT2D eigenvalue weighted by molar-refractivity contribution is -0.121. The molecule has 1 aromatic carbocycles. The second-order valence-corrected chi connectivity index (χ2v) is 5.72. The van der Waals surface area contributed by atoms with Crippen molar-refractivity contribution in [2.24, 2.45) is 5.92 Å². The van der Waals surface area contributed by atoms with Gasteiger partial charge in [-0.05, 0) is 42.4 Å². The SMILES string of the molecule is CC(C)CC(=O)NCCc1ccc2c(c1)CCCN2. The summed E-state index contributed by atoms with van der Waals surface area (Å²) >= 11 is 0. The Morgan fingerprint density at radius 2 is 2.26 bits per heavy atom. The number of anilines is 1. The zero-order valence-corrected chi connectivity index (χ0v) is 12.0. The predicted octanol–water partition coefficient (Wildman–Crippen LogP) is 2.75. The number of benzene rings is 1. The van der Waals surface area contributed by atoms with Gasteiger partial charge in [0, 0.05) is 25.2 Å². The first-order chi connectivity index (χ1) is 9.15. The summed E-state index contributed by atoms with van der Waals surface area (Å²) in [6.07, 6.45) is 3.91. The molecule has 104 valence electrons. The Morgan fingerprint density at radius 3 is 3.05 bits per heavy atom. The number of aryl methyl sites for hydroxylation is 1. The summed E-state index contributed by atoms with van der Waals surface area (Å²) in [5, 5.41) is 6.40. The Hall–Kier alpha value is -1.51. The van der Waals surface area contributed by atoms with Crippen LogP contribution < -0.4 is 10.6 Å². The van der Waals surface area contributed by atoms with E-state index in [2.05, 4.69) is 42.7 Å². The van der Waals surface area contributed by atoms with Gasteiger partial charge in [0.1, 0.15) is 0 Å². The molecule has 2 rings (SSSR count). The molecule has 1 aliphatic heterocycles. The zero-order valence-electron chi connectivity index (χ0n) is 12.0. The summed E-state index contributed by atoms with van der Waals surface area (Å²) in [5.41, 5.74) is 4.00. The summed E-state index contributed by atoms with van der Waals surface area (Å²) in [4.78, 5) is 11.6. The van der Waals surface area contributed by atoms with E-state index in [1.807, 2.05) is 0 Å². The third-order valence-corrected chi connectivity index (χ3v) is 3.44. The van der Waals surface area contributed by atoms with Gasteiger partial charge in [-0.3, -0.25) is 4.79 Å². The molecule has 0 saturated heterocycles. The van der Waals surface area contributed by atoms with Crippen LogP contribution in [0, 0.1) is 5.92 Å². The Balaban J connectivity index is 1.81. The fourth-order valence-corrected chi connectivity index (χ4v) is 2.47. The number of fused-ring (bicyclic) bond motifs is 1. The minimum Gasteiger partial charge on any atom is -0.385 e. The van der Waals surface area contributed by atoms with E-state index in [9.17, 15) is 4.79 Å². The van der Waals surface area contributed by atoms with Crippen molar-refractivity contribution in [1.29, 1.82) is 0 Å². The third kappa shape index (κ3) is 4.27. The van der Waals surface area contributed by atoms with Crippen molar-refractivity contribution in [1.82, 2.24) is 5.32 Å². The fraction of sp³-hybridized carbons (Fsp3) is 0.562. The van der Waals surface area contributed by atoms with Crippen molar-refractivity contribution < 1.29 is 4.79 Å². The summed E-state index contributed by atoms with van der Waals surface area (Å²) in [6.45, 7) is 5.95. The number of hydrogen-bond donors (Lipinski definition) is 2. The molecule has 0 atom stereocenters. The molecule has 0 spiro atoms. The summed E-state index contributed by atoms with van der Waals surface area (Å²) in [6, 6.07) is 6.60. The highest BCUT2D eigenvalue weighted by Crippen LogP contribution is 2.22. The first kappa shape index (κ1) is 13.9. The standard InChI is InChI=1S/C16H24N2O/c1-12(2)10-16(19)18-9-7-13-5-6-15-14(11-13)4-3-8-17-15/h5-6,11-12,17H,3-4,7-10H2,1-2H3,(H,18,19). The summed E-state index contributed by atoms with van der Waals surface area (Å²) < 4.78 is 0. The molecular weight excluding hydrogens is 236 g/mol. The Bertz CT molecular complexity index is 440. The van der Waals surface area contributed by atoms with Crippen LogP contribution in [-0.4, -0.2) is 19.0 Å². The number of rotatable bonds is 5. The van der Waals surface area contributed by atoms with Crippen LogP contribution in [0.3, 0.4) is 0 Å². The molecule has 1 heterocycles. The van der Waals surface area contributed by atoms with Crippen LogP contribution in [0.4, 0.5) is 5.69 Å². The van der Waals surface area contributed by atoms with E-state index in [1.165, 1.54) is 23.2 Å². The minimum atomic E-state index is 0.162. The number of carbonyl (C=O) groups is 1. The van der Waals surface area contributed by atoms with Gasteiger partial charge in [-0.25, -0.2) is 0 Å². The second kappa shape index (κ2) is 6.60. The topological polar surface area (TPSA) is 41.1 Å². The van der Waals surface area contributed by atoms with Crippen LogP contribution in [-0.2, 0) is 17.6 Å². The van der Waals surface area contributed by atoms with Crippen LogP contribution in [0.5, 0.6) is 0 Å². The van der Waals surface area contributed by atoms with E-state index >= 15 is 0 Å². The molecular formula is C16H24N2O. The van der Waals surface area contributed by atoms with E-state index < -0.39 is 0 Å². The van der Waals surface area contributed by atoms with Gasteiger partial charge in [0.05, 0.1) is 0 Å². The molecule has 0 aliphatic carbocycles. The van der Waals surface area contributed by atoms with Crippen molar-refractivity contribution in [3.05, 3.63) is 29.3 Å². The molecule has 0 radical (unpaired) electrons. The molecule has 1 amide bonds. The monoisotopic (exact) mass is 260 g/mol. The first-order valence-electron chi connectivity index (χ1n) is 7.27. The number of nitrogens with one attached hydrogen (secondary N) is 2. The second-order valence-electron chi connectivity index (χ2n) is 5.72. The minimum absolute atomic E-state index is 0.162. The smallest absolute Gasteiger partial charge is 0.220 e. The lowest BCUT2D eigenvalue weighted by Crippen LogP contribution is -2.26. The van der Waals surface area contributed by atoms with E-state index in [-0.39, 0.29) is 5.91 Å². The molecule has 1 aromatic rings. The third-order valence-electron chi connectivity index (χ3n) is 3.44. The summed E-state index contributed by atoms with van der Waals surface area (Å²) in [7, 11) is 0. The molecule has 2 N–H and O–H groups in total. The molecule has 0 fully saturated rings. The molecule has 0 unspecified atom stereocenters. The average molecular weight is 260 g/mol. The zero-order chi connectivity index (χ0) is 13.7. The van der Waals surface area contributed by atoms with Crippen LogP contribution in [0.2, 0.25) is 0 Å². The summed E-state index contributed by atoms with van der Waals surface area (Å²) in [5.74, 6) is 0.587. The van der Waals surface area contributed by atoms with Gasteiger partial charge < -0.3 is 10.6 Å². The average Bonchev–Trinajstić information content (AvgIpc) is 2.37. The van der Waals surface area contributed by atoms with Crippen molar-refractivity contribution >= 4 is 11.6 Å². The van der Waals surface area contributed by atoms with Gasteiger partial charge in [0.25, 0.3) is 0 Å². The van der Waals surface area contributed by atoms with E-state index in [0.717, 1.165) is 25.9 Å². The van der Waals surface area contributed by atoms with Crippen molar-refractivity contribution in [3.8, 4) is 0 Å². The van der Waals surface area contributed by atoms with E-state index in [4.69, 9.17) is 0 Å². The van der Waals surface area contributed by atoms with Gasteiger partial charge in [-0.15, -0.1) is 0 Å². The van der Waals surface area contributed by atoms with Crippen LogP contribution in [0.25, 0.3) is 0 Å². The molecule has 1 aliphatic rings. The van der Waals surface area contributed by atoms with Gasteiger partial charge in [0.15, 0.2) is 0 Å². The molecule has 19 heavy (non-hydrogen) atoms. The lowest BCUT2D eigenvalue weighted by atomic mass is 9.99. The Morgan fingerprint density at radius 1 is 1.42 bits per heavy atom. The molecule has 3 nitrogen and oxygen atoms in total. The van der Waals surface area contributed by atoms with E-state index in [0.29, 0.717) is 12.3 Å². The number of hydrogen-bond acceptors (Lipinski definition) is 2. The molecule has 0 bridgehead atoms. The quantitative estimate of drug-likeness (QED) is 0.854. The molecule has 0 aromatic heterocycles. The fourth-order valence-electron chi connectivity index (χ4n) is 2.47. The van der Waals surface area contributed by atoms with Crippen LogP contribution in [0.1, 0.15) is 37.8 Å². The van der Waals surface area contributed by atoms with Crippen molar-refractivity contribution in [2.45, 2.75) is 39.5 Å².